The van der Waals surface area contributed by atoms with Gasteiger partial charge >= 0.3 is 5.97 Å². The van der Waals surface area contributed by atoms with Crippen LogP contribution in [0.15, 0.2) is 23.8 Å². The molecule has 1 N–H and O–H groups in total. The van der Waals surface area contributed by atoms with Crippen LogP contribution in [0.5, 0.6) is 0 Å². The highest BCUT2D eigenvalue weighted by molar-refractivity contribution is 6.01. The molecule has 4 fully saturated rings. The molecule has 8 unspecified atom stereocenters. The number of aliphatic hydroxyl groups is 1. The summed E-state index contributed by atoms with van der Waals surface area (Å²) >= 11 is 0. The number of halogens is 1. The largest absolute Gasteiger partial charge is 0.458 e. The molecule has 0 bridgehead atoms. The number of ketones is 2. The quantitative estimate of drug-likeness (QED) is 0.562. The fraction of sp³-hybridized carbons (Fsp3) is 0.759. The summed E-state index contributed by atoms with van der Waals surface area (Å²) in [4.78, 5) is 38.6. The van der Waals surface area contributed by atoms with Gasteiger partial charge in [-0.2, -0.15) is 0 Å². The summed E-state index contributed by atoms with van der Waals surface area (Å²) in [5.74, 6) is -3.16. The van der Waals surface area contributed by atoms with Gasteiger partial charge in [-0.25, -0.2) is 4.39 Å². The van der Waals surface area contributed by atoms with Crippen LogP contribution in [-0.4, -0.2) is 58.5 Å². The average molecular weight is 519 g/mol. The van der Waals surface area contributed by atoms with Crippen molar-refractivity contribution in [1.82, 2.24) is 0 Å². The molecule has 0 aromatic heterocycles. The van der Waals surface area contributed by atoms with Gasteiger partial charge in [-0.1, -0.05) is 39.3 Å². The molecule has 1 heterocycles. The summed E-state index contributed by atoms with van der Waals surface area (Å²) in [6.45, 7) is 12.3. The highest BCUT2D eigenvalue weighted by Crippen LogP contribution is 2.73. The van der Waals surface area contributed by atoms with E-state index in [1.165, 1.54) is 12.2 Å². The molecule has 7 nitrogen and oxygen atoms in total. The lowest BCUT2D eigenvalue weighted by atomic mass is 9.52. The van der Waals surface area contributed by atoms with Crippen molar-refractivity contribution in [3.8, 4) is 0 Å². The molecule has 3 saturated carbocycles. The number of ether oxygens (including phenoxy) is 3. The summed E-state index contributed by atoms with van der Waals surface area (Å²) in [5.41, 5.74) is -5.20. The third kappa shape index (κ3) is 3.51. The maximum atomic E-state index is 17.2. The van der Waals surface area contributed by atoms with Crippen molar-refractivity contribution in [2.24, 2.45) is 28.1 Å². The summed E-state index contributed by atoms with van der Waals surface area (Å²) in [6, 6.07) is 0. The first-order chi connectivity index (χ1) is 16.9. The number of esters is 1. The molecule has 8 atom stereocenters. The number of allylic oxidation sites excluding steroid dienone is 4. The maximum absolute atomic E-state index is 17.2. The van der Waals surface area contributed by atoms with E-state index in [2.05, 4.69) is 0 Å². The van der Waals surface area contributed by atoms with Gasteiger partial charge < -0.3 is 19.3 Å². The van der Waals surface area contributed by atoms with E-state index in [0.717, 1.165) is 0 Å². The Bertz CT molecular complexity index is 1120. The van der Waals surface area contributed by atoms with E-state index in [4.69, 9.17) is 14.2 Å². The van der Waals surface area contributed by atoms with Gasteiger partial charge in [0.25, 0.3) is 0 Å². The zero-order chi connectivity index (χ0) is 27.4. The predicted octanol–water partition coefficient (Wildman–Crippen LogP) is 4.02. The van der Waals surface area contributed by atoms with Crippen molar-refractivity contribution < 1.29 is 38.1 Å². The van der Waals surface area contributed by atoms with Gasteiger partial charge in [0, 0.05) is 16.7 Å². The Morgan fingerprint density at radius 3 is 2.51 bits per heavy atom. The van der Waals surface area contributed by atoms with Crippen molar-refractivity contribution >= 4 is 17.5 Å². The Labute approximate surface area is 217 Å². The molecule has 8 heteroatoms. The zero-order valence-corrected chi connectivity index (χ0v) is 22.9. The minimum atomic E-state index is -2.00. The van der Waals surface area contributed by atoms with E-state index < -0.39 is 64.4 Å². The second-order valence-corrected chi connectivity index (χ2v) is 13.8. The summed E-state index contributed by atoms with van der Waals surface area (Å²) in [6.07, 6.45) is 3.20. The summed E-state index contributed by atoms with van der Waals surface area (Å²) in [5, 5.41) is 11.5. The van der Waals surface area contributed by atoms with E-state index in [0.29, 0.717) is 18.4 Å². The molecule has 5 rings (SSSR count). The number of Topliss-reactive ketones (excluding diaryl/α,β-unsaturated/α-hetero) is 1. The van der Waals surface area contributed by atoms with Crippen LogP contribution in [0.3, 0.4) is 0 Å². The first-order valence-corrected chi connectivity index (χ1v) is 13.3. The minimum Gasteiger partial charge on any atom is -0.458 e. The molecule has 204 valence electrons. The Balaban J connectivity index is 1.52. The molecule has 0 amide bonds. The Morgan fingerprint density at radius 1 is 1.19 bits per heavy atom. The van der Waals surface area contributed by atoms with Gasteiger partial charge in [0.1, 0.15) is 0 Å². The van der Waals surface area contributed by atoms with Crippen molar-refractivity contribution in [2.75, 3.05) is 6.61 Å². The van der Waals surface area contributed by atoms with Crippen molar-refractivity contribution in [3.05, 3.63) is 23.8 Å². The number of hydrogen-bond acceptors (Lipinski definition) is 7. The fourth-order valence-corrected chi connectivity index (χ4v) is 8.29. The minimum absolute atomic E-state index is 0.0209. The number of fused-ring (bicyclic) bond motifs is 7. The molecule has 5 aliphatic rings. The number of alkyl halides is 1. The molecular weight excluding hydrogens is 479 g/mol. The average Bonchev–Trinajstić information content (AvgIpc) is 3.26. The number of hydrogen-bond donors (Lipinski definition) is 1. The van der Waals surface area contributed by atoms with Crippen molar-refractivity contribution in [2.45, 2.75) is 103 Å². The van der Waals surface area contributed by atoms with Crippen LogP contribution < -0.4 is 0 Å². The van der Waals surface area contributed by atoms with E-state index in [1.54, 1.807) is 26.8 Å². The molecule has 0 aromatic carbocycles. The van der Waals surface area contributed by atoms with Crippen LogP contribution in [0, 0.1) is 28.1 Å². The molecule has 4 aliphatic carbocycles. The normalized spacial score (nSPS) is 45.5. The van der Waals surface area contributed by atoms with E-state index >= 15 is 4.39 Å². The SMILES string of the molecule is CC(C)(C)CC(=O)OCC(=O)C12OC(C)(C)OC1CC1C3CC4=CC(=O)C=CC4(C)C3(F)C(O)CC12C. The Hall–Kier alpha value is -1.90. The monoisotopic (exact) mass is 518 g/mol. The molecule has 0 spiro atoms. The van der Waals surface area contributed by atoms with E-state index in [9.17, 15) is 19.5 Å². The highest BCUT2D eigenvalue weighted by Gasteiger charge is 2.81. The molecular formula is C29H39FO7. The molecule has 0 radical (unpaired) electrons. The van der Waals surface area contributed by atoms with Gasteiger partial charge in [0.05, 0.1) is 18.6 Å². The van der Waals surface area contributed by atoms with Gasteiger partial charge in [0.15, 0.2) is 29.4 Å². The number of rotatable bonds is 4. The van der Waals surface area contributed by atoms with Crippen LogP contribution in [0.1, 0.15) is 74.1 Å². The lowest BCUT2D eigenvalue weighted by Gasteiger charge is -2.56. The molecule has 1 aliphatic heterocycles. The van der Waals surface area contributed by atoms with E-state index in [1.807, 2.05) is 27.7 Å². The first-order valence-electron chi connectivity index (χ1n) is 13.3. The number of carbonyl (C=O) groups excluding carboxylic acids is 3. The summed E-state index contributed by atoms with van der Waals surface area (Å²) in [7, 11) is 0. The van der Waals surface area contributed by atoms with Gasteiger partial charge in [-0.15, -0.1) is 0 Å². The van der Waals surface area contributed by atoms with Gasteiger partial charge in [0.2, 0.25) is 5.78 Å². The maximum Gasteiger partial charge on any atom is 0.306 e. The second kappa shape index (κ2) is 7.82. The third-order valence-corrected chi connectivity index (χ3v) is 9.80. The Kier molecular flexibility index (Phi) is 5.65. The zero-order valence-electron chi connectivity index (χ0n) is 22.9. The highest BCUT2D eigenvalue weighted by atomic mass is 19.1. The Morgan fingerprint density at radius 2 is 1.86 bits per heavy atom. The molecule has 37 heavy (non-hydrogen) atoms. The summed E-state index contributed by atoms with van der Waals surface area (Å²) < 4.78 is 35.3. The van der Waals surface area contributed by atoms with Crippen LogP contribution >= 0.6 is 0 Å². The van der Waals surface area contributed by atoms with Crippen LogP contribution in [-0.2, 0) is 28.6 Å². The van der Waals surface area contributed by atoms with Crippen LogP contribution in [0.25, 0.3) is 0 Å². The second-order valence-electron chi connectivity index (χ2n) is 13.8. The van der Waals surface area contributed by atoms with Gasteiger partial charge in [-0.05, 0) is 63.5 Å². The number of carbonyl (C=O) groups is 3. The van der Waals surface area contributed by atoms with Crippen LogP contribution in [0.2, 0.25) is 0 Å². The van der Waals surface area contributed by atoms with Crippen LogP contribution in [0.4, 0.5) is 4.39 Å². The predicted molar refractivity (Wildman–Crippen MR) is 132 cm³/mol. The number of aliphatic hydroxyl groups excluding tert-OH is 1. The topological polar surface area (TPSA) is 99.1 Å². The van der Waals surface area contributed by atoms with Crippen molar-refractivity contribution in [3.63, 3.8) is 0 Å². The first kappa shape index (κ1) is 26.7. The smallest absolute Gasteiger partial charge is 0.306 e. The standard InChI is InChI=1S/C29H39FO7/c1-24(2,3)14-23(34)35-15-21(33)29-22(36-25(4,5)37-29)12-18-19-11-16-10-17(31)8-9-26(16,6)28(19,30)20(32)13-27(18,29)7/h8-10,18-20,22,32H,11-15H2,1-7H3. The third-order valence-electron chi connectivity index (χ3n) is 9.80. The lowest BCUT2D eigenvalue weighted by Crippen LogP contribution is -2.66. The van der Waals surface area contributed by atoms with Crippen molar-refractivity contribution in [1.29, 1.82) is 0 Å². The van der Waals surface area contributed by atoms with Gasteiger partial charge in [-0.3, -0.25) is 14.4 Å². The lowest BCUT2D eigenvalue weighted by molar-refractivity contribution is -0.235. The molecule has 0 aromatic rings. The van der Waals surface area contributed by atoms with E-state index in [-0.39, 0.29) is 30.0 Å². The fourth-order valence-electron chi connectivity index (χ4n) is 8.29. The molecule has 1 saturated heterocycles.